The van der Waals surface area contributed by atoms with Crippen molar-refractivity contribution >= 4 is 77.5 Å². The zero-order valence-corrected chi connectivity index (χ0v) is 80.8. The van der Waals surface area contributed by atoms with Crippen molar-refractivity contribution in [2.75, 3.05) is 74.1 Å². The lowest BCUT2D eigenvalue weighted by molar-refractivity contribution is -0.127. The number of nitrogens with zero attached hydrogens (tertiary/aromatic N) is 4. The van der Waals surface area contributed by atoms with E-state index in [2.05, 4.69) is 136 Å². The highest BCUT2D eigenvalue weighted by Crippen LogP contribution is 2.40. The first-order chi connectivity index (χ1) is 68.3. The van der Waals surface area contributed by atoms with E-state index in [-0.39, 0.29) is 107 Å². The molecule has 2 saturated heterocycles. The van der Waals surface area contributed by atoms with Gasteiger partial charge >= 0.3 is 0 Å². The van der Waals surface area contributed by atoms with Crippen LogP contribution < -0.4 is 42.5 Å². The third kappa shape index (κ3) is 25.6. The Balaban J connectivity index is 0.000000135. The van der Waals surface area contributed by atoms with Crippen molar-refractivity contribution in [2.24, 2.45) is 23.7 Å². The van der Waals surface area contributed by atoms with Gasteiger partial charge in [-0.1, -0.05) is 180 Å². The summed E-state index contributed by atoms with van der Waals surface area (Å²) < 4.78 is 29.2. The summed E-state index contributed by atoms with van der Waals surface area (Å²) in [6, 6.07) is 45.1. The highest BCUT2D eigenvalue weighted by atomic mass is 16.5. The number of amides is 9. The number of hydrogen-bond donors (Lipinski definition) is 8. The Morgan fingerprint density at radius 1 is 0.355 bits per heavy atom. The van der Waals surface area contributed by atoms with E-state index >= 15 is 0 Å². The van der Waals surface area contributed by atoms with E-state index < -0.39 is 24.2 Å². The molecule has 26 heteroatoms. The Morgan fingerprint density at radius 2 is 0.681 bits per heavy atom. The number of rotatable bonds is 28. The molecule has 26 nitrogen and oxygen atoms in total. The molecule has 4 saturated carbocycles. The Morgan fingerprint density at radius 3 is 1.00 bits per heavy atom. The maximum Gasteiger partial charge on any atom is 0.287 e. The Kier molecular flexibility index (Phi) is 34.2. The van der Waals surface area contributed by atoms with Gasteiger partial charge in [-0.25, -0.2) is 0 Å². The predicted octanol–water partition coefficient (Wildman–Crippen LogP) is 18.1. The predicted molar refractivity (Wildman–Crippen MR) is 547 cm³/mol. The molecule has 10 aromatic rings. The van der Waals surface area contributed by atoms with Crippen LogP contribution in [0.5, 0.6) is 0 Å². The van der Waals surface area contributed by atoms with Crippen LogP contribution in [0.15, 0.2) is 210 Å². The third-order valence-electron chi connectivity index (χ3n) is 29.3. The molecule has 2 aliphatic heterocycles. The molecule has 141 heavy (non-hydrogen) atoms. The molecule has 0 bridgehead atoms. The summed E-state index contributed by atoms with van der Waals surface area (Å²) in [5.74, 6) is 2.33. The molecule has 6 aromatic heterocycles. The lowest BCUT2D eigenvalue weighted by Crippen LogP contribution is -2.50. The molecular formula is C115H134N12O14. The maximum atomic E-state index is 13.0. The number of pyridine rings is 2. The summed E-state index contributed by atoms with van der Waals surface area (Å²) in [5.41, 5.74) is 21.4. The summed E-state index contributed by atoms with van der Waals surface area (Å²) in [6.07, 6.45) is 44.4. The number of fused-ring (bicyclic) bond motifs is 4. The average molecular weight is 1910 g/mol. The number of nitrogens with one attached hydrogen (secondary N) is 8. The van der Waals surface area contributed by atoms with Crippen molar-refractivity contribution in [3.63, 3.8) is 0 Å². The fourth-order valence-corrected chi connectivity index (χ4v) is 21.8. The van der Waals surface area contributed by atoms with E-state index in [0.717, 1.165) is 209 Å². The molecule has 6 fully saturated rings. The largest absolute Gasteiger partial charge is 0.451 e. The number of carbonyl (C=O) groups excluding carboxylic acids is 9. The number of morpholine rings is 1. The van der Waals surface area contributed by atoms with Crippen LogP contribution in [0.1, 0.15) is 247 Å². The Hall–Kier alpha value is -13.6. The van der Waals surface area contributed by atoms with Crippen LogP contribution in [0.2, 0.25) is 0 Å². The monoisotopic (exact) mass is 1910 g/mol. The second kappa shape index (κ2) is 48.1. The van der Waals surface area contributed by atoms with Crippen LogP contribution in [-0.4, -0.2) is 171 Å². The van der Waals surface area contributed by atoms with Crippen molar-refractivity contribution in [1.29, 1.82) is 0 Å². The summed E-state index contributed by atoms with van der Waals surface area (Å²) in [6.45, 7) is 6.10. The van der Waals surface area contributed by atoms with E-state index in [9.17, 15) is 43.2 Å². The number of ether oxygens (including phenoxy) is 1. The van der Waals surface area contributed by atoms with Crippen molar-refractivity contribution in [2.45, 2.75) is 211 Å². The molecule has 20 rings (SSSR count). The van der Waals surface area contributed by atoms with E-state index in [0.29, 0.717) is 36.0 Å². The number of likely N-dealkylation sites (N-methyl/N-ethyl adjacent to an activating group) is 4. The normalized spacial score (nSPS) is 17.6. The van der Waals surface area contributed by atoms with Gasteiger partial charge in [0.1, 0.15) is 47.2 Å². The van der Waals surface area contributed by atoms with E-state index in [4.69, 9.17) is 22.4 Å². The van der Waals surface area contributed by atoms with Crippen molar-refractivity contribution in [1.82, 2.24) is 62.3 Å². The number of carbonyl (C=O) groups is 9. The molecule has 738 valence electrons. The van der Waals surface area contributed by atoms with Crippen LogP contribution in [0.4, 0.5) is 0 Å². The number of allylic oxidation sites excluding steroid dienone is 2. The minimum Gasteiger partial charge on any atom is -0.451 e. The second-order valence-electron chi connectivity index (χ2n) is 39.0. The van der Waals surface area contributed by atoms with E-state index in [1.807, 2.05) is 84.2 Å². The molecule has 9 amide bonds. The van der Waals surface area contributed by atoms with Crippen LogP contribution in [-0.2, 0) is 67.2 Å². The van der Waals surface area contributed by atoms with E-state index in [1.54, 1.807) is 64.7 Å². The number of aromatic nitrogens is 2. The summed E-state index contributed by atoms with van der Waals surface area (Å²) in [7, 11) is 6.44. The van der Waals surface area contributed by atoms with E-state index in [1.165, 1.54) is 104 Å². The SMILES string of the molecule is C.CNC(=O)[C@@H](NC(=O)c1ccc(-c2ccc3c(c2)CC(CN2CCCC2=O)=C3)o1)C1CCCCC1.CNC(=O)[C@@H](NC(=O)c1ccc(-c2ccc3c(c2)CC(CN2CCOCC2)=C3)o1)C1CCCCC1.CNC(=O)[C@@H](NC(=O)c1ccc(-c2ccc3c(c2)CC(Cc2cccnc2)=C3)o1)C1CCCCC1.CNC(=O)[C@@H](NC(=O)c1ccc(-c2ccc3c(c2)CC(Cc2ccncc2)=C3)o1)C1CCCCC1. The highest BCUT2D eigenvalue weighted by Gasteiger charge is 2.38. The summed E-state index contributed by atoms with van der Waals surface area (Å²) >= 11 is 0. The molecule has 4 atom stereocenters. The highest BCUT2D eigenvalue weighted by molar-refractivity contribution is 5.99. The number of benzene rings is 4. The van der Waals surface area contributed by atoms with Crippen LogP contribution >= 0.6 is 0 Å². The Bertz CT molecular complexity index is 6030. The molecule has 8 heterocycles. The first-order valence-electron chi connectivity index (χ1n) is 50.5. The first-order valence-corrected chi connectivity index (χ1v) is 50.5. The van der Waals surface area contributed by atoms with Gasteiger partial charge in [0, 0.05) is 114 Å². The molecule has 0 spiro atoms. The molecule has 8 N–H and O–H groups in total. The average Bonchev–Trinajstić information content (AvgIpc) is 1.67. The van der Waals surface area contributed by atoms with Crippen molar-refractivity contribution in [3.05, 3.63) is 271 Å². The zero-order valence-electron chi connectivity index (χ0n) is 80.8. The minimum absolute atomic E-state index is 0. The topological polar surface area (TPSA) is 344 Å². The van der Waals surface area contributed by atoms with Gasteiger partial charge in [0.15, 0.2) is 23.0 Å². The van der Waals surface area contributed by atoms with Crippen LogP contribution in [0.25, 0.3) is 69.6 Å². The molecular weight excluding hydrogens is 1770 g/mol. The molecule has 10 aliphatic rings. The third-order valence-corrected chi connectivity index (χ3v) is 29.3. The number of furan rings is 4. The smallest absolute Gasteiger partial charge is 0.287 e. The fourth-order valence-electron chi connectivity index (χ4n) is 21.8. The number of likely N-dealkylation sites (tertiary alicyclic amines) is 1. The molecule has 4 aromatic carbocycles. The standard InChI is InChI=1S/2C29H31N3O3.C28H33N3O4.C28H35N3O4.CH4/c1-30-29(34)27(21-7-3-2-4-8-21)32-28(33)26-12-11-25(35-26)23-10-9-22-15-20(16-24(22)17-23)14-19-6-5-13-31-18-19;1-30-29(34)27(21-5-3-2-4-6-21)32-28(33)26-10-9-25(35-26)23-8-7-22-16-20(17-24(22)18-23)15-19-11-13-31-14-12-19;1-29-28(34)26(19-6-3-2-4-7-19)30-27(33)24-12-11-23(35-24)21-10-9-20-14-18(15-22(20)16-21)17-31-13-5-8-25(31)32;1-29-28(33)26(20-5-3-2-4-6-20)30-27(32)25-10-9-24(35-25)22-8-7-21-15-19(16-23(21)17-22)18-31-11-13-34-14-12-31;/h5-6,9-13,15,17-18,21,27H,2-4,7-8,14,16H2,1H3,(H,30,34)(H,32,33);7-14,16,18,21,27H,2-6,15,17H2,1H3,(H,30,34)(H,32,33);9-12,14,16,19,26H,2-8,13,15,17H2,1H3,(H,29,34)(H,30,33);7-10,15,17,20,26H,2-6,11-14,16,18H2,1H3,(H,29,33)(H,30,32);1H4/t2*27-;2*26-;/m0000./s1. The first kappa shape index (κ1) is 100. The number of hydrogen-bond acceptors (Lipinski definition) is 17. The molecule has 0 unspecified atom stereocenters. The zero-order chi connectivity index (χ0) is 97.0. The lowest BCUT2D eigenvalue weighted by atomic mass is 9.83. The summed E-state index contributed by atoms with van der Waals surface area (Å²) in [4.78, 5) is 126. The van der Waals surface area contributed by atoms with Crippen LogP contribution in [0, 0.1) is 23.7 Å². The molecule has 0 radical (unpaired) electrons. The van der Waals surface area contributed by atoms with Gasteiger partial charge in [0.2, 0.25) is 29.5 Å². The lowest BCUT2D eigenvalue weighted by Gasteiger charge is -2.29. The van der Waals surface area contributed by atoms with Crippen molar-refractivity contribution < 1.29 is 65.6 Å². The van der Waals surface area contributed by atoms with Gasteiger partial charge in [0.05, 0.1) is 13.2 Å². The minimum atomic E-state index is -0.548. The van der Waals surface area contributed by atoms with Gasteiger partial charge in [-0.15, -0.1) is 0 Å². The summed E-state index contributed by atoms with van der Waals surface area (Å²) in [5, 5.41) is 22.5. The van der Waals surface area contributed by atoms with Gasteiger partial charge in [-0.2, -0.15) is 0 Å². The van der Waals surface area contributed by atoms with Gasteiger partial charge < -0.3 is 69.8 Å². The fraction of sp³-hybridized carbons (Fsp3) is 0.417. The van der Waals surface area contributed by atoms with Gasteiger partial charge in [-0.3, -0.25) is 58.0 Å². The Labute approximate surface area is 826 Å². The van der Waals surface area contributed by atoms with Crippen molar-refractivity contribution in [3.8, 4) is 45.3 Å². The van der Waals surface area contributed by atoms with Gasteiger partial charge in [-0.05, 0) is 272 Å². The van der Waals surface area contributed by atoms with Gasteiger partial charge in [0.25, 0.3) is 23.6 Å². The van der Waals surface area contributed by atoms with Crippen LogP contribution in [0.3, 0.4) is 0 Å². The maximum absolute atomic E-state index is 13.0. The second-order valence-corrected chi connectivity index (χ2v) is 39.0. The molecule has 8 aliphatic carbocycles. The quantitative estimate of drug-likeness (QED) is 0.0226.